The van der Waals surface area contributed by atoms with E-state index >= 15 is 0 Å². The fourth-order valence-electron chi connectivity index (χ4n) is 0.995. The molecule has 0 aliphatic carbocycles. The van der Waals surface area contributed by atoms with E-state index in [1.807, 2.05) is 0 Å². The molecule has 0 aliphatic heterocycles. The molecule has 1 amide bonds. The highest BCUT2D eigenvalue weighted by Gasteiger charge is 2.05. The van der Waals surface area contributed by atoms with Crippen LogP contribution in [-0.2, 0) is 4.79 Å². The van der Waals surface area contributed by atoms with Gasteiger partial charge in [0.25, 0.3) is 6.54 Å². The maximum atomic E-state index is 12.8. The first-order chi connectivity index (χ1) is 6.63. The molecule has 1 N–H and O–H groups in total. The molecule has 0 aliphatic rings. The summed E-state index contributed by atoms with van der Waals surface area (Å²) in [6.07, 6.45) is 0. The standard InChI is InChI=1S/C10H9FN2O/c1-7-5-8(3-4-9(7)11)13-10(14)6-12-2/h3-5H,6H2,1H3,(H,13,14). The number of hydrogen-bond acceptors (Lipinski definition) is 1. The third-order valence-corrected chi connectivity index (χ3v) is 1.66. The van der Waals surface area contributed by atoms with Crippen molar-refractivity contribution in [2.75, 3.05) is 11.9 Å². The Labute approximate surface area is 81.4 Å². The van der Waals surface area contributed by atoms with Crippen LogP contribution in [0.3, 0.4) is 0 Å². The molecule has 0 saturated heterocycles. The van der Waals surface area contributed by atoms with Gasteiger partial charge in [-0.1, -0.05) is 0 Å². The van der Waals surface area contributed by atoms with E-state index in [4.69, 9.17) is 6.57 Å². The predicted molar refractivity (Wildman–Crippen MR) is 51.2 cm³/mol. The number of anilines is 1. The van der Waals surface area contributed by atoms with Crippen LogP contribution in [0.4, 0.5) is 10.1 Å². The van der Waals surface area contributed by atoms with Gasteiger partial charge in [0.2, 0.25) is 0 Å². The van der Waals surface area contributed by atoms with Crippen LogP contribution in [0.5, 0.6) is 0 Å². The number of aryl methyl sites for hydroxylation is 1. The van der Waals surface area contributed by atoms with Crippen molar-refractivity contribution in [1.82, 2.24) is 0 Å². The Balaban J connectivity index is 2.74. The molecule has 1 aromatic rings. The molecule has 0 aromatic heterocycles. The van der Waals surface area contributed by atoms with Gasteiger partial charge in [0.1, 0.15) is 5.82 Å². The van der Waals surface area contributed by atoms with E-state index in [0.29, 0.717) is 11.3 Å². The Bertz CT molecular complexity index is 396. The monoisotopic (exact) mass is 192 g/mol. The Hall–Kier alpha value is -1.89. The average molecular weight is 192 g/mol. The molecule has 72 valence electrons. The average Bonchev–Trinajstić information content (AvgIpc) is 2.12. The lowest BCUT2D eigenvalue weighted by Gasteiger charge is -2.02. The van der Waals surface area contributed by atoms with E-state index in [1.54, 1.807) is 6.92 Å². The van der Waals surface area contributed by atoms with Gasteiger partial charge in [0.05, 0.1) is 0 Å². The maximum Gasteiger partial charge on any atom is 0.304 e. The summed E-state index contributed by atoms with van der Waals surface area (Å²) in [6.45, 7) is 7.88. The van der Waals surface area contributed by atoms with Gasteiger partial charge in [-0.3, -0.25) is 4.79 Å². The number of nitrogens with one attached hydrogen (secondary N) is 1. The van der Waals surface area contributed by atoms with E-state index in [-0.39, 0.29) is 18.3 Å². The molecule has 3 nitrogen and oxygen atoms in total. The number of nitrogens with zero attached hydrogens (tertiary/aromatic N) is 1. The van der Waals surface area contributed by atoms with Gasteiger partial charge in [-0.25, -0.2) is 11.0 Å². The summed E-state index contributed by atoms with van der Waals surface area (Å²) in [5, 5.41) is 2.49. The fraction of sp³-hybridized carbons (Fsp3) is 0.200. The van der Waals surface area contributed by atoms with Crippen LogP contribution in [0.2, 0.25) is 0 Å². The van der Waals surface area contributed by atoms with Crippen molar-refractivity contribution in [2.24, 2.45) is 0 Å². The minimum absolute atomic E-state index is 0.212. The Morgan fingerprint density at radius 1 is 1.64 bits per heavy atom. The molecule has 0 atom stereocenters. The zero-order chi connectivity index (χ0) is 10.6. The summed E-state index contributed by atoms with van der Waals surface area (Å²) in [5.74, 6) is -0.695. The second-order valence-electron chi connectivity index (χ2n) is 2.83. The first kappa shape index (κ1) is 10.2. The largest absolute Gasteiger partial charge is 0.320 e. The van der Waals surface area contributed by atoms with Crippen molar-refractivity contribution < 1.29 is 9.18 Å². The van der Waals surface area contributed by atoms with Crippen LogP contribution in [0.15, 0.2) is 18.2 Å². The normalized spacial score (nSPS) is 9.21. The summed E-state index contributed by atoms with van der Waals surface area (Å²) < 4.78 is 12.8. The minimum atomic E-state index is -0.383. The number of halogens is 1. The molecule has 1 rings (SSSR count). The molecule has 0 bridgehead atoms. The number of carbonyl (C=O) groups is 1. The van der Waals surface area contributed by atoms with Crippen LogP contribution in [0.25, 0.3) is 4.85 Å². The molecule has 0 fully saturated rings. The van der Waals surface area contributed by atoms with Crippen LogP contribution < -0.4 is 5.32 Å². The lowest BCUT2D eigenvalue weighted by Crippen LogP contribution is -2.13. The van der Waals surface area contributed by atoms with Gasteiger partial charge in [-0.2, -0.15) is 0 Å². The minimum Gasteiger partial charge on any atom is -0.320 e. The van der Waals surface area contributed by atoms with Gasteiger partial charge in [-0.15, -0.1) is 0 Å². The Kier molecular flexibility index (Phi) is 3.19. The van der Waals surface area contributed by atoms with Gasteiger partial charge in [-0.05, 0) is 30.7 Å². The van der Waals surface area contributed by atoms with E-state index < -0.39 is 0 Å². The van der Waals surface area contributed by atoms with Crippen molar-refractivity contribution in [3.8, 4) is 0 Å². The van der Waals surface area contributed by atoms with Crippen molar-refractivity contribution in [1.29, 1.82) is 0 Å². The van der Waals surface area contributed by atoms with Gasteiger partial charge in [0.15, 0.2) is 0 Å². The summed E-state index contributed by atoms with van der Waals surface area (Å²) >= 11 is 0. The van der Waals surface area contributed by atoms with E-state index in [0.717, 1.165) is 0 Å². The quantitative estimate of drug-likeness (QED) is 0.714. The van der Waals surface area contributed by atoms with Crippen molar-refractivity contribution in [3.63, 3.8) is 0 Å². The molecule has 1 aromatic carbocycles. The smallest absolute Gasteiger partial charge is 0.304 e. The second kappa shape index (κ2) is 4.38. The Morgan fingerprint density at radius 3 is 2.93 bits per heavy atom. The lowest BCUT2D eigenvalue weighted by molar-refractivity contribution is -0.114. The molecule has 0 unspecified atom stereocenters. The Morgan fingerprint density at radius 2 is 2.36 bits per heavy atom. The van der Waals surface area contributed by atoms with Gasteiger partial charge < -0.3 is 10.2 Å². The highest BCUT2D eigenvalue weighted by atomic mass is 19.1. The first-order valence-corrected chi connectivity index (χ1v) is 4.02. The maximum absolute atomic E-state index is 12.8. The van der Waals surface area contributed by atoms with Crippen molar-refractivity contribution in [3.05, 3.63) is 41.0 Å². The van der Waals surface area contributed by atoms with Crippen LogP contribution >= 0.6 is 0 Å². The summed E-state index contributed by atoms with van der Waals surface area (Å²) in [7, 11) is 0. The lowest BCUT2D eigenvalue weighted by atomic mass is 10.2. The number of carbonyl (C=O) groups excluding carboxylic acids is 1. The molecule has 0 radical (unpaired) electrons. The molecular weight excluding hydrogens is 183 g/mol. The zero-order valence-electron chi connectivity index (χ0n) is 7.67. The van der Waals surface area contributed by atoms with Gasteiger partial charge in [0, 0.05) is 5.69 Å². The van der Waals surface area contributed by atoms with Crippen LogP contribution in [-0.4, -0.2) is 12.5 Å². The second-order valence-corrected chi connectivity index (χ2v) is 2.83. The fourth-order valence-corrected chi connectivity index (χ4v) is 0.995. The zero-order valence-corrected chi connectivity index (χ0v) is 7.67. The van der Waals surface area contributed by atoms with Crippen LogP contribution in [0, 0.1) is 19.3 Å². The third kappa shape index (κ3) is 2.56. The van der Waals surface area contributed by atoms with Crippen LogP contribution in [0.1, 0.15) is 5.56 Å². The molecule has 0 heterocycles. The molecule has 0 saturated carbocycles. The first-order valence-electron chi connectivity index (χ1n) is 4.02. The third-order valence-electron chi connectivity index (χ3n) is 1.66. The van der Waals surface area contributed by atoms with E-state index in [9.17, 15) is 9.18 Å². The van der Waals surface area contributed by atoms with Crippen molar-refractivity contribution in [2.45, 2.75) is 6.92 Å². The summed E-state index contributed by atoms with van der Waals surface area (Å²) in [6, 6.07) is 4.27. The van der Waals surface area contributed by atoms with Gasteiger partial charge >= 0.3 is 5.91 Å². The summed E-state index contributed by atoms with van der Waals surface area (Å²) in [4.78, 5) is 13.9. The molecule has 4 heteroatoms. The number of benzene rings is 1. The van der Waals surface area contributed by atoms with Crippen molar-refractivity contribution >= 4 is 11.6 Å². The highest BCUT2D eigenvalue weighted by molar-refractivity contribution is 5.93. The predicted octanol–water partition coefficient (Wildman–Crippen LogP) is 1.99. The van der Waals surface area contributed by atoms with E-state index in [2.05, 4.69) is 10.2 Å². The topological polar surface area (TPSA) is 33.5 Å². The number of amides is 1. The number of hydrogen-bond donors (Lipinski definition) is 1. The highest BCUT2D eigenvalue weighted by Crippen LogP contribution is 2.13. The van der Waals surface area contributed by atoms with E-state index in [1.165, 1.54) is 18.2 Å². The number of rotatable bonds is 2. The summed E-state index contributed by atoms with van der Waals surface area (Å²) in [5.41, 5.74) is 0.975. The molecule has 0 spiro atoms. The SMILES string of the molecule is [C-]#[N+]CC(=O)Nc1ccc(F)c(C)c1. The molecule has 14 heavy (non-hydrogen) atoms. The molecular formula is C10H9FN2O.